The first-order chi connectivity index (χ1) is 30.0. The third-order valence-corrected chi connectivity index (χ3v) is 12.2. The van der Waals surface area contributed by atoms with Crippen LogP contribution in [0.4, 0.5) is 0 Å². The van der Waals surface area contributed by atoms with Gasteiger partial charge in [-0.3, -0.25) is 9.59 Å². The van der Waals surface area contributed by atoms with Gasteiger partial charge in [0, 0.05) is 6.42 Å². The number of carbonyl (C=O) groups is 2. The van der Waals surface area contributed by atoms with Crippen molar-refractivity contribution in [3.63, 3.8) is 0 Å². The van der Waals surface area contributed by atoms with Crippen molar-refractivity contribution >= 4 is 11.9 Å². The lowest BCUT2D eigenvalue weighted by Crippen LogP contribution is -2.46. The fourth-order valence-corrected chi connectivity index (χ4v) is 8.21. The summed E-state index contributed by atoms with van der Waals surface area (Å²) in [6.45, 7) is 6.38. The number of ether oxygens (including phenoxy) is 1. The van der Waals surface area contributed by atoms with E-state index in [0.717, 1.165) is 70.6 Å². The molecule has 0 aromatic rings. The summed E-state index contributed by atoms with van der Waals surface area (Å²) in [6.07, 6.45) is 57.8. The summed E-state index contributed by atoms with van der Waals surface area (Å²) in [6, 6.07) is -0.700. The van der Waals surface area contributed by atoms with E-state index in [4.69, 9.17) is 4.74 Å². The summed E-state index contributed by atoms with van der Waals surface area (Å²) in [4.78, 5) is 26.1. The third-order valence-electron chi connectivity index (χ3n) is 12.2. The zero-order valence-electron chi connectivity index (χ0n) is 40.8. The first-order valence-corrected chi connectivity index (χ1v) is 26.7. The van der Waals surface area contributed by atoms with Crippen LogP contribution in [0.1, 0.15) is 278 Å². The molecule has 0 aromatic carbocycles. The Labute approximate surface area is 379 Å². The van der Waals surface area contributed by atoms with Gasteiger partial charge < -0.3 is 20.3 Å². The molecular weight excluding hydrogens is 755 g/mol. The minimum absolute atomic E-state index is 0.0755. The second kappa shape index (κ2) is 49.1. The molecule has 0 aliphatic rings. The molecule has 0 bridgehead atoms. The Bertz CT molecular complexity index is 1010. The van der Waals surface area contributed by atoms with E-state index < -0.39 is 18.2 Å². The van der Waals surface area contributed by atoms with Crippen molar-refractivity contribution in [1.82, 2.24) is 5.32 Å². The van der Waals surface area contributed by atoms with Gasteiger partial charge in [-0.1, -0.05) is 243 Å². The van der Waals surface area contributed by atoms with Crippen LogP contribution in [0.15, 0.2) is 36.5 Å². The van der Waals surface area contributed by atoms with Crippen LogP contribution in [0, 0.1) is 0 Å². The average Bonchev–Trinajstić information content (AvgIpc) is 3.25. The Balaban J connectivity index is 4.41. The van der Waals surface area contributed by atoms with E-state index >= 15 is 0 Å². The molecule has 0 saturated carbocycles. The van der Waals surface area contributed by atoms with Crippen molar-refractivity contribution in [2.75, 3.05) is 6.61 Å². The maximum atomic E-state index is 13.2. The number of carbonyl (C=O) groups excluding carboxylic acids is 2. The normalized spacial score (nSPS) is 13.5. The van der Waals surface area contributed by atoms with Crippen LogP contribution in [-0.4, -0.2) is 46.9 Å². The van der Waals surface area contributed by atoms with Crippen molar-refractivity contribution in [2.24, 2.45) is 0 Å². The first kappa shape index (κ1) is 59.1. The Morgan fingerprint density at radius 3 is 1.34 bits per heavy atom. The quantitative estimate of drug-likeness (QED) is 0.0322. The summed E-state index contributed by atoms with van der Waals surface area (Å²) in [5.41, 5.74) is 0. The number of aliphatic hydroxyl groups excluding tert-OH is 2. The smallest absolute Gasteiger partial charge is 0.306 e. The first-order valence-electron chi connectivity index (χ1n) is 26.7. The van der Waals surface area contributed by atoms with Crippen LogP contribution in [-0.2, 0) is 14.3 Å². The summed E-state index contributed by atoms with van der Waals surface area (Å²) >= 11 is 0. The monoisotopic (exact) mass is 858 g/mol. The van der Waals surface area contributed by atoms with Gasteiger partial charge in [-0.05, 0) is 57.8 Å². The summed E-state index contributed by atoms with van der Waals surface area (Å²) in [7, 11) is 0. The zero-order chi connectivity index (χ0) is 44.5. The minimum atomic E-state index is -0.787. The van der Waals surface area contributed by atoms with Gasteiger partial charge in [0.25, 0.3) is 0 Å². The molecule has 0 radical (unpaired) electrons. The fraction of sp³-hybridized carbons (Fsp3) is 0.855. The zero-order valence-corrected chi connectivity index (χ0v) is 40.8. The van der Waals surface area contributed by atoms with Crippen LogP contribution in [0.25, 0.3) is 0 Å². The van der Waals surface area contributed by atoms with Gasteiger partial charge in [-0.25, -0.2) is 0 Å². The van der Waals surface area contributed by atoms with Crippen LogP contribution in [0.2, 0.25) is 0 Å². The number of allylic oxidation sites excluding steroid dienone is 6. The van der Waals surface area contributed by atoms with Gasteiger partial charge in [0.05, 0.1) is 25.2 Å². The van der Waals surface area contributed by atoms with Crippen LogP contribution in [0.5, 0.6) is 0 Å². The highest BCUT2D eigenvalue weighted by atomic mass is 16.5. The third kappa shape index (κ3) is 44.5. The van der Waals surface area contributed by atoms with Gasteiger partial charge in [0.15, 0.2) is 0 Å². The summed E-state index contributed by atoms with van der Waals surface area (Å²) in [5.74, 6) is -0.479. The van der Waals surface area contributed by atoms with Crippen molar-refractivity contribution in [3.05, 3.63) is 36.5 Å². The van der Waals surface area contributed by atoms with Crippen LogP contribution < -0.4 is 5.32 Å². The van der Waals surface area contributed by atoms with Crippen molar-refractivity contribution in [3.8, 4) is 0 Å². The fourth-order valence-electron chi connectivity index (χ4n) is 8.21. The molecule has 6 heteroatoms. The minimum Gasteiger partial charge on any atom is -0.462 e. The van der Waals surface area contributed by atoms with E-state index in [1.807, 2.05) is 0 Å². The van der Waals surface area contributed by atoms with E-state index in [9.17, 15) is 19.8 Å². The predicted molar refractivity (Wildman–Crippen MR) is 264 cm³/mol. The van der Waals surface area contributed by atoms with Crippen molar-refractivity contribution in [1.29, 1.82) is 0 Å². The van der Waals surface area contributed by atoms with Gasteiger partial charge in [0.1, 0.15) is 6.10 Å². The molecule has 6 nitrogen and oxygen atoms in total. The molecule has 0 aliphatic carbocycles. The highest BCUT2D eigenvalue weighted by Crippen LogP contribution is 2.18. The number of hydrogen-bond acceptors (Lipinski definition) is 5. The van der Waals surface area contributed by atoms with Crippen molar-refractivity contribution < 1.29 is 24.5 Å². The summed E-state index contributed by atoms with van der Waals surface area (Å²) in [5, 5.41) is 23.8. The molecule has 0 fully saturated rings. The number of hydrogen-bond donors (Lipinski definition) is 3. The Morgan fingerprint density at radius 2 is 0.885 bits per heavy atom. The molecule has 0 aromatic heterocycles. The largest absolute Gasteiger partial charge is 0.462 e. The number of aliphatic hydroxyl groups is 2. The summed E-state index contributed by atoms with van der Waals surface area (Å²) < 4.78 is 5.92. The topological polar surface area (TPSA) is 95.9 Å². The van der Waals surface area contributed by atoms with Gasteiger partial charge >= 0.3 is 5.97 Å². The predicted octanol–water partition coefficient (Wildman–Crippen LogP) is 16.1. The van der Waals surface area contributed by atoms with Crippen molar-refractivity contribution in [2.45, 2.75) is 296 Å². The number of unbranched alkanes of at least 4 members (excludes halogenated alkanes) is 30. The molecule has 358 valence electrons. The lowest BCUT2D eigenvalue weighted by atomic mass is 10.0. The van der Waals surface area contributed by atoms with E-state index in [2.05, 4.69) is 62.5 Å². The molecule has 0 rings (SSSR count). The highest BCUT2D eigenvalue weighted by molar-refractivity contribution is 5.77. The van der Waals surface area contributed by atoms with Gasteiger partial charge in [-0.2, -0.15) is 0 Å². The molecule has 0 heterocycles. The standard InChI is InChI=1S/C55H103NO5/c1-4-7-10-13-16-19-21-23-25-27-28-30-32-35-38-41-44-47-53(58)52(50-57)56-54(59)49-51(46-43-40-37-34-18-15-12-9-6-3)61-55(60)48-45-42-39-36-33-31-29-26-24-22-20-17-14-11-8-5-2/h8,11,17,20,24,26,51-53,57-58H,4-7,9-10,12-16,18-19,21-23,25,27-50H2,1-3H3,(H,56,59)/b11-8+,20-17+,26-24+. The lowest BCUT2D eigenvalue weighted by Gasteiger charge is -2.24. The molecule has 0 spiro atoms. The molecule has 3 N–H and O–H groups in total. The number of esters is 1. The number of nitrogens with one attached hydrogen (secondary N) is 1. The van der Waals surface area contributed by atoms with E-state index in [0.29, 0.717) is 19.3 Å². The second-order valence-corrected chi connectivity index (χ2v) is 18.3. The van der Waals surface area contributed by atoms with Gasteiger partial charge in [-0.15, -0.1) is 0 Å². The SMILES string of the molecule is CC/C=C/C/C=C/C/C=C/CCCCCCCCC(=O)OC(CCCCCCCCCCC)CC(=O)NC(CO)C(O)CCCCCCCCCCCCCCCCCCC. The molecule has 61 heavy (non-hydrogen) atoms. The van der Waals surface area contributed by atoms with E-state index in [-0.39, 0.29) is 24.9 Å². The molecule has 0 saturated heterocycles. The average molecular weight is 858 g/mol. The number of rotatable bonds is 48. The van der Waals surface area contributed by atoms with Crippen LogP contribution >= 0.6 is 0 Å². The number of amides is 1. The molecule has 0 aliphatic heterocycles. The highest BCUT2D eigenvalue weighted by Gasteiger charge is 2.24. The Morgan fingerprint density at radius 1 is 0.492 bits per heavy atom. The Hall–Kier alpha value is -1.92. The van der Waals surface area contributed by atoms with E-state index in [1.54, 1.807) is 0 Å². The molecule has 3 atom stereocenters. The van der Waals surface area contributed by atoms with Crippen LogP contribution in [0.3, 0.4) is 0 Å². The maximum Gasteiger partial charge on any atom is 0.306 e. The molecule has 1 amide bonds. The lowest BCUT2D eigenvalue weighted by molar-refractivity contribution is -0.151. The van der Waals surface area contributed by atoms with Gasteiger partial charge in [0.2, 0.25) is 5.91 Å². The second-order valence-electron chi connectivity index (χ2n) is 18.3. The van der Waals surface area contributed by atoms with E-state index in [1.165, 1.54) is 161 Å². The molecule has 3 unspecified atom stereocenters. The maximum absolute atomic E-state index is 13.2. The molecular formula is C55H103NO5. The Kier molecular flexibility index (Phi) is 47.6.